The van der Waals surface area contributed by atoms with Gasteiger partial charge in [-0.25, -0.2) is 4.98 Å². The molecule has 3 heteroatoms. The van der Waals surface area contributed by atoms with E-state index in [1.54, 1.807) is 6.20 Å². The summed E-state index contributed by atoms with van der Waals surface area (Å²) < 4.78 is 0. The molecule has 0 bridgehead atoms. The summed E-state index contributed by atoms with van der Waals surface area (Å²) in [6.07, 6.45) is 7.56. The molecule has 1 heterocycles. The lowest BCUT2D eigenvalue weighted by molar-refractivity contribution is 0.0226. The number of rotatable bonds is 2. The van der Waals surface area contributed by atoms with E-state index in [-0.39, 0.29) is 0 Å². The molecule has 0 aliphatic heterocycles. The zero-order valence-corrected chi connectivity index (χ0v) is 11.4. The van der Waals surface area contributed by atoms with Gasteiger partial charge in [0.25, 0.3) is 0 Å². The van der Waals surface area contributed by atoms with Crippen molar-refractivity contribution in [1.82, 2.24) is 4.98 Å². The van der Waals surface area contributed by atoms with E-state index < -0.39 is 5.60 Å². The van der Waals surface area contributed by atoms with E-state index in [1.165, 1.54) is 6.42 Å². The number of nitrogen functional groups attached to an aromatic ring is 1. The van der Waals surface area contributed by atoms with Crippen molar-refractivity contribution in [2.75, 3.05) is 5.73 Å². The Labute approximate surface area is 109 Å². The Morgan fingerprint density at radius 3 is 2.78 bits per heavy atom. The Morgan fingerprint density at radius 1 is 1.28 bits per heavy atom. The minimum Gasteiger partial charge on any atom is -0.390 e. The Balaban J connectivity index is 2.07. The summed E-state index contributed by atoms with van der Waals surface area (Å²) in [4.78, 5) is 3.99. The highest BCUT2D eigenvalue weighted by Crippen LogP contribution is 2.39. The number of aromatic nitrogens is 1. The van der Waals surface area contributed by atoms with Gasteiger partial charge in [0.1, 0.15) is 5.82 Å². The van der Waals surface area contributed by atoms with E-state index in [2.05, 4.69) is 18.8 Å². The molecule has 1 aromatic rings. The van der Waals surface area contributed by atoms with Crippen molar-refractivity contribution >= 4 is 5.82 Å². The molecule has 0 spiro atoms. The van der Waals surface area contributed by atoms with Crippen LogP contribution in [0.3, 0.4) is 0 Å². The fourth-order valence-electron chi connectivity index (χ4n) is 2.88. The van der Waals surface area contributed by atoms with Gasteiger partial charge in [0.05, 0.1) is 5.60 Å². The molecule has 1 aliphatic rings. The summed E-state index contributed by atoms with van der Waals surface area (Å²) >= 11 is 0. The molecule has 1 fully saturated rings. The van der Waals surface area contributed by atoms with Crippen LogP contribution >= 0.6 is 0 Å². The zero-order chi connectivity index (χ0) is 13.2. The van der Waals surface area contributed by atoms with Crippen LogP contribution in [-0.2, 0) is 6.42 Å². The molecule has 1 aromatic heterocycles. The van der Waals surface area contributed by atoms with Crippen molar-refractivity contribution in [2.45, 2.75) is 58.0 Å². The molecular formula is C15H24N2O. The van der Waals surface area contributed by atoms with Crippen LogP contribution in [0.25, 0.3) is 0 Å². The molecule has 3 nitrogen and oxygen atoms in total. The third-order valence-electron chi connectivity index (χ3n) is 4.14. The summed E-state index contributed by atoms with van der Waals surface area (Å²) in [5.41, 5.74) is 6.57. The molecule has 0 amide bonds. The summed E-state index contributed by atoms with van der Waals surface area (Å²) in [5, 5.41) is 10.8. The van der Waals surface area contributed by atoms with Crippen molar-refractivity contribution < 1.29 is 5.11 Å². The van der Waals surface area contributed by atoms with Crippen LogP contribution in [0.1, 0.15) is 51.5 Å². The number of hydrogen-bond acceptors (Lipinski definition) is 3. The largest absolute Gasteiger partial charge is 0.390 e. The second kappa shape index (κ2) is 4.88. The van der Waals surface area contributed by atoms with Gasteiger partial charge in [0.2, 0.25) is 0 Å². The molecule has 2 rings (SSSR count). The van der Waals surface area contributed by atoms with Gasteiger partial charge in [0.15, 0.2) is 0 Å². The van der Waals surface area contributed by atoms with E-state index in [4.69, 9.17) is 5.73 Å². The average Bonchev–Trinajstić information content (AvgIpc) is 2.38. The second-order valence-electron chi connectivity index (χ2n) is 6.51. The number of anilines is 1. The second-order valence-corrected chi connectivity index (χ2v) is 6.51. The smallest absolute Gasteiger partial charge is 0.123 e. The van der Waals surface area contributed by atoms with Crippen molar-refractivity contribution in [3.63, 3.8) is 0 Å². The highest BCUT2D eigenvalue weighted by Gasteiger charge is 2.33. The minimum atomic E-state index is -0.568. The number of nitrogens with two attached hydrogens (primary N) is 1. The lowest BCUT2D eigenvalue weighted by atomic mass is 9.83. The Kier molecular flexibility index (Phi) is 3.62. The van der Waals surface area contributed by atoms with Crippen LogP contribution < -0.4 is 5.73 Å². The van der Waals surface area contributed by atoms with Crippen LogP contribution in [0, 0.1) is 5.41 Å². The molecule has 1 aliphatic carbocycles. The van der Waals surface area contributed by atoms with Gasteiger partial charge in [0, 0.05) is 12.6 Å². The summed E-state index contributed by atoms with van der Waals surface area (Å²) in [5.74, 6) is 0.532. The molecule has 0 saturated heterocycles. The van der Waals surface area contributed by atoms with E-state index >= 15 is 0 Å². The Hall–Kier alpha value is -1.09. The van der Waals surface area contributed by atoms with Gasteiger partial charge in [-0.05, 0) is 48.8 Å². The fraction of sp³-hybridized carbons (Fsp3) is 0.667. The third-order valence-corrected chi connectivity index (χ3v) is 4.14. The van der Waals surface area contributed by atoms with E-state index in [1.807, 2.05) is 12.1 Å². The van der Waals surface area contributed by atoms with Crippen molar-refractivity contribution in [1.29, 1.82) is 0 Å². The molecular weight excluding hydrogens is 224 g/mol. The van der Waals surface area contributed by atoms with Gasteiger partial charge in [-0.2, -0.15) is 0 Å². The Bertz CT molecular complexity index is 417. The van der Waals surface area contributed by atoms with E-state index in [9.17, 15) is 5.11 Å². The molecule has 0 radical (unpaired) electrons. The van der Waals surface area contributed by atoms with Crippen LogP contribution in [0.15, 0.2) is 18.3 Å². The predicted octanol–water partition coefficient (Wildman–Crippen LogP) is 2.93. The first-order valence-electron chi connectivity index (χ1n) is 6.81. The molecule has 1 saturated carbocycles. The number of nitrogens with zero attached hydrogens (tertiary/aromatic N) is 1. The van der Waals surface area contributed by atoms with Crippen molar-refractivity contribution in [3.8, 4) is 0 Å². The summed E-state index contributed by atoms with van der Waals surface area (Å²) in [6, 6.07) is 3.82. The van der Waals surface area contributed by atoms with Gasteiger partial charge in [-0.3, -0.25) is 0 Å². The first-order chi connectivity index (χ1) is 8.39. The predicted molar refractivity (Wildman–Crippen MR) is 74.2 cm³/mol. The quantitative estimate of drug-likeness (QED) is 0.791. The fourth-order valence-corrected chi connectivity index (χ4v) is 2.88. The standard InChI is InChI=1S/C15H24N2O/c1-14(2)5-3-6-15(18,8-7-14)11-12-4-9-17-13(16)10-12/h4,9-10,18H,3,5-8,11H2,1-2H3,(H2,16,17). The molecule has 1 atom stereocenters. The SMILES string of the molecule is CC1(C)CCCC(O)(Cc2ccnc(N)c2)CC1. The number of aliphatic hydroxyl groups is 1. The van der Waals surface area contributed by atoms with Crippen LogP contribution in [0.2, 0.25) is 0 Å². The third kappa shape index (κ3) is 3.45. The maximum absolute atomic E-state index is 10.8. The minimum absolute atomic E-state index is 0.363. The van der Waals surface area contributed by atoms with E-state index in [0.717, 1.165) is 31.2 Å². The number of pyridine rings is 1. The van der Waals surface area contributed by atoms with Crippen molar-refractivity contribution in [3.05, 3.63) is 23.9 Å². The summed E-state index contributed by atoms with van der Waals surface area (Å²) in [7, 11) is 0. The van der Waals surface area contributed by atoms with Gasteiger partial charge in [-0.15, -0.1) is 0 Å². The van der Waals surface area contributed by atoms with Crippen molar-refractivity contribution in [2.24, 2.45) is 5.41 Å². The maximum atomic E-state index is 10.8. The summed E-state index contributed by atoms with van der Waals surface area (Å²) in [6.45, 7) is 4.59. The normalized spacial score (nSPS) is 27.7. The maximum Gasteiger partial charge on any atom is 0.123 e. The average molecular weight is 248 g/mol. The Morgan fingerprint density at radius 2 is 2.06 bits per heavy atom. The first kappa shape index (κ1) is 13.3. The lowest BCUT2D eigenvalue weighted by Crippen LogP contribution is -2.31. The monoisotopic (exact) mass is 248 g/mol. The lowest BCUT2D eigenvalue weighted by Gasteiger charge is -2.28. The molecule has 3 N–H and O–H groups in total. The molecule has 100 valence electrons. The first-order valence-corrected chi connectivity index (χ1v) is 6.81. The molecule has 1 unspecified atom stereocenters. The van der Waals surface area contributed by atoms with Crippen LogP contribution in [-0.4, -0.2) is 15.7 Å². The van der Waals surface area contributed by atoms with Crippen LogP contribution in [0.4, 0.5) is 5.82 Å². The highest BCUT2D eigenvalue weighted by atomic mass is 16.3. The van der Waals surface area contributed by atoms with Gasteiger partial charge < -0.3 is 10.8 Å². The van der Waals surface area contributed by atoms with Gasteiger partial charge >= 0.3 is 0 Å². The molecule has 18 heavy (non-hydrogen) atoms. The van der Waals surface area contributed by atoms with E-state index in [0.29, 0.717) is 17.7 Å². The molecule has 0 aromatic carbocycles. The zero-order valence-electron chi connectivity index (χ0n) is 11.4. The van der Waals surface area contributed by atoms with Gasteiger partial charge in [-0.1, -0.05) is 20.3 Å². The van der Waals surface area contributed by atoms with Crippen LogP contribution in [0.5, 0.6) is 0 Å². The highest BCUT2D eigenvalue weighted by molar-refractivity contribution is 5.32. The topological polar surface area (TPSA) is 59.1 Å². The number of hydrogen-bond donors (Lipinski definition) is 2.